The molecule has 3 atom stereocenters. The maximum Gasteiger partial charge on any atom is 0.254 e. The van der Waals surface area contributed by atoms with Crippen LogP contribution in [0.4, 0.5) is 0 Å². The van der Waals surface area contributed by atoms with Crippen molar-refractivity contribution < 1.29 is 18.0 Å². The summed E-state index contributed by atoms with van der Waals surface area (Å²) < 4.78 is 27.2. The molecule has 3 fully saturated rings. The minimum absolute atomic E-state index is 0.162. The molecule has 222 valence electrons. The van der Waals surface area contributed by atoms with Crippen molar-refractivity contribution in [2.45, 2.75) is 34.1 Å². The number of H-pyrrole nitrogens is 2. The van der Waals surface area contributed by atoms with Crippen LogP contribution < -0.4 is 10.6 Å². The lowest BCUT2D eigenvalue weighted by Gasteiger charge is -2.27. The van der Waals surface area contributed by atoms with Gasteiger partial charge in [-0.25, -0.2) is 18.4 Å². The molecule has 12 nitrogen and oxygen atoms in total. The molecule has 2 aromatic carbocycles. The number of allylic oxidation sites excluding steroid dienone is 1. The summed E-state index contributed by atoms with van der Waals surface area (Å²) in [7, 11) is -3.88. The van der Waals surface area contributed by atoms with E-state index >= 15 is 0 Å². The average molecular weight is 609 g/mol. The molecule has 3 unspecified atom stereocenters. The van der Waals surface area contributed by atoms with Crippen LogP contribution in [0.5, 0.6) is 0 Å². The fourth-order valence-corrected chi connectivity index (χ4v) is 9.15. The van der Waals surface area contributed by atoms with Gasteiger partial charge in [-0.15, -0.1) is 0 Å². The largest absolute Gasteiger partial charge is 0.356 e. The van der Waals surface area contributed by atoms with Crippen molar-refractivity contribution >= 4 is 21.5 Å². The van der Waals surface area contributed by atoms with Gasteiger partial charge in [-0.1, -0.05) is 18.2 Å². The molecule has 4 N–H and O–H groups in total. The summed E-state index contributed by atoms with van der Waals surface area (Å²) in [6, 6.07) is 15.8. The topological polar surface area (TPSA) is 177 Å². The van der Waals surface area contributed by atoms with Gasteiger partial charge >= 0.3 is 0 Å². The first-order chi connectivity index (χ1) is 21.3. The summed E-state index contributed by atoms with van der Waals surface area (Å²) in [6.45, 7) is 0.578. The number of fused-ring (bicyclic) bond motifs is 1. The molecule has 0 radical (unpaired) electrons. The van der Waals surface area contributed by atoms with E-state index in [1.165, 1.54) is 23.6 Å². The summed E-state index contributed by atoms with van der Waals surface area (Å²) in [6.07, 6.45) is 8.13. The van der Waals surface area contributed by atoms with Gasteiger partial charge in [0.1, 0.15) is 16.1 Å². The Hall–Kier alpha value is -5.06. The van der Waals surface area contributed by atoms with Gasteiger partial charge < -0.3 is 20.6 Å². The first-order valence-electron chi connectivity index (χ1n) is 14.1. The number of hydrogen-bond acceptors (Lipinski definition) is 9. The Bertz CT molecular complexity index is 1860. The molecule has 1 amide bonds. The summed E-state index contributed by atoms with van der Waals surface area (Å²) in [5, 5.41) is 15.8. The summed E-state index contributed by atoms with van der Waals surface area (Å²) in [5.41, 5.74) is 0.666. The zero-order valence-electron chi connectivity index (χ0n) is 23.4. The Morgan fingerprint density at radius 3 is 2.27 bits per heavy atom. The first kappa shape index (κ1) is 27.8. The fourth-order valence-electron chi connectivity index (χ4n) is 6.78. The Kier molecular flexibility index (Phi) is 6.49. The summed E-state index contributed by atoms with van der Waals surface area (Å²) in [5.74, 6) is -0.922. The maximum absolute atomic E-state index is 14.8. The van der Waals surface area contributed by atoms with Crippen LogP contribution in [0.25, 0.3) is 0 Å². The third kappa shape index (κ3) is 4.25. The van der Waals surface area contributed by atoms with Crippen LogP contribution in [0.2, 0.25) is 0 Å². The van der Waals surface area contributed by atoms with E-state index in [1.807, 2.05) is 6.07 Å². The highest BCUT2D eigenvalue weighted by atomic mass is 32.2. The Balaban J connectivity index is 1.34. The van der Waals surface area contributed by atoms with Crippen LogP contribution in [-0.2, 0) is 27.5 Å². The molecule has 2 aromatic heterocycles. The summed E-state index contributed by atoms with van der Waals surface area (Å²) >= 11 is 0. The number of nitriles is 1. The predicted octanol–water partition coefficient (Wildman–Crippen LogP) is 1.50. The molecule has 1 aliphatic carbocycles. The molecule has 0 spiro atoms. The minimum Gasteiger partial charge on any atom is -0.356 e. The predicted molar refractivity (Wildman–Crippen MR) is 157 cm³/mol. The molecule has 0 bridgehead atoms. The van der Waals surface area contributed by atoms with Crippen molar-refractivity contribution in [3.63, 3.8) is 0 Å². The van der Waals surface area contributed by atoms with Crippen molar-refractivity contribution in [1.82, 2.24) is 35.5 Å². The normalized spacial score (nSPS) is 24.6. The highest BCUT2D eigenvalue weighted by Crippen LogP contribution is 2.59. The molecule has 2 aliphatic heterocycles. The first-order valence-corrected chi connectivity index (χ1v) is 15.6. The molecule has 2 saturated heterocycles. The third-order valence-electron chi connectivity index (χ3n) is 8.89. The average Bonchev–Trinajstić information content (AvgIpc) is 3.67. The lowest BCUT2D eigenvalue weighted by molar-refractivity contribution is -0.132. The van der Waals surface area contributed by atoms with E-state index in [-0.39, 0.29) is 36.0 Å². The number of carbonyl (C=O) groups excluding carboxylic acids is 2. The third-order valence-corrected chi connectivity index (χ3v) is 11.5. The SMILES string of the molecule is N#Cc1ccc(C(=O)C=C2NC(Cc3c[nH]cn3)(Cc3c[nH]cn3)C(=O)N2C2C3CNCC32S(=O)(=O)c2ccccc2)cc1. The van der Waals surface area contributed by atoms with Crippen molar-refractivity contribution in [2.75, 3.05) is 13.1 Å². The van der Waals surface area contributed by atoms with Crippen LogP contribution in [0.15, 0.2) is 96.4 Å². The van der Waals surface area contributed by atoms with E-state index in [1.54, 1.807) is 67.0 Å². The second-order valence-corrected chi connectivity index (χ2v) is 13.6. The van der Waals surface area contributed by atoms with Crippen LogP contribution in [0.1, 0.15) is 27.3 Å². The number of benzene rings is 2. The highest BCUT2D eigenvalue weighted by Gasteiger charge is 2.79. The van der Waals surface area contributed by atoms with Crippen LogP contribution in [0, 0.1) is 17.2 Å². The van der Waals surface area contributed by atoms with E-state index in [4.69, 9.17) is 0 Å². The fraction of sp³-hybridized carbons (Fsp3) is 0.258. The van der Waals surface area contributed by atoms with E-state index in [2.05, 4.69) is 30.6 Å². The van der Waals surface area contributed by atoms with Crippen molar-refractivity contribution in [3.8, 4) is 6.07 Å². The van der Waals surface area contributed by atoms with Gasteiger partial charge in [-0.3, -0.25) is 14.5 Å². The van der Waals surface area contributed by atoms with Crippen molar-refractivity contribution in [1.29, 1.82) is 5.26 Å². The zero-order chi connectivity index (χ0) is 30.5. The molecule has 4 heterocycles. The van der Waals surface area contributed by atoms with Crippen molar-refractivity contribution in [3.05, 3.63) is 114 Å². The van der Waals surface area contributed by atoms with Gasteiger partial charge in [0.2, 0.25) is 0 Å². The van der Waals surface area contributed by atoms with Gasteiger partial charge in [-0.2, -0.15) is 5.26 Å². The number of ketones is 1. The lowest BCUT2D eigenvalue weighted by Crippen LogP contribution is -2.52. The van der Waals surface area contributed by atoms with E-state index in [0.717, 1.165) is 0 Å². The second kappa shape index (κ2) is 10.3. The monoisotopic (exact) mass is 608 g/mol. The minimum atomic E-state index is -3.88. The number of imidazole rings is 2. The second-order valence-electron chi connectivity index (χ2n) is 11.4. The number of sulfone groups is 1. The highest BCUT2D eigenvalue weighted by molar-refractivity contribution is 7.93. The standard InChI is InChI=1S/C31H28N8O4S/c32-13-20-6-8-21(9-7-20)26(40)10-27-38-30(11-22-14-34-18-36-22,12-23-15-35-19-37-23)29(41)39(27)28-25-16-33-17-31(25,28)44(42,43)24-4-2-1-3-5-24/h1-10,14-15,18-19,25,28,33,38H,11-12,16-17H2,(H,34,36)(H,35,37). The van der Waals surface area contributed by atoms with E-state index in [0.29, 0.717) is 29.1 Å². The summed E-state index contributed by atoms with van der Waals surface area (Å²) in [4.78, 5) is 44.6. The number of carbonyl (C=O) groups is 2. The smallest absolute Gasteiger partial charge is 0.254 e. The Morgan fingerprint density at radius 2 is 1.68 bits per heavy atom. The van der Waals surface area contributed by atoms with Crippen molar-refractivity contribution in [2.24, 2.45) is 5.92 Å². The quantitative estimate of drug-likeness (QED) is 0.162. The maximum atomic E-state index is 14.8. The number of nitrogens with zero attached hydrogens (tertiary/aromatic N) is 4. The number of piperidine rings is 1. The molecular weight excluding hydrogens is 580 g/mol. The molecule has 13 heteroatoms. The number of nitrogens with one attached hydrogen (secondary N) is 4. The molecule has 3 aliphatic rings. The molecule has 44 heavy (non-hydrogen) atoms. The number of aromatic nitrogens is 4. The van der Waals surface area contributed by atoms with E-state index in [9.17, 15) is 23.3 Å². The van der Waals surface area contributed by atoms with Crippen LogP contribution in [0.3, 0.4) is 0 Å². The van der Waals surface area contributed by atoms with Crippen LogP contribution >= 0.6 is 0 Å². The van der Waals surface area contributed by atoms with E-state index < -0.39 is 37.9 Å². The molecule has 4 aromatic rings. The van der Waals surface area contributed by atoms with Gasteiger partial charge in [0.15, 0.2) is 15.6 Å². The molecule has 7 rings (SSSR count). The zero-order valence-corrected chi connectivity index (χ0v) is 24.2. The van der Waals surface area contributed by atoms with Gasteiger partial charge in [0, 0.05) is 55.9 Å². The van der Waals surface area contributed by atoms with Crippen LogP contribution in [-0.4, -0.2) is 74.4 Å². The molecular formula is C31H28N8O4S. The lowest BCUT2D eigenvalue weighted by atomic mass is 9.88. The number of aromatic amines is 2. The number of amides is 1. The van der Waals surface area contributed by atoms with Gasteiger partial charge in [0.05, 0.1) is 46.6 Å². The Morgan fingerprint density at radius 1 is 1.02 bits per heavy atom. The molecule has 1 saturated carbocycles. The Labute approximate surface area is 253 Å². The number of hydrogen-bond donors (Lipinski definition) is 4. The van der Waals surface area contributed by atoms with Gasteiger partial charge in [-0.05, 0) is 36.4 Å². The number of rotatable bonds is 9. The van der Waals surface area contributed by atoms with Gasteiger partial charge in [0.25, 0.3) is 5.91 Å².